The molecule has 1 heterocycles. The van der Waals surface area contributed by atoms with E-state index >= 15 is 0 Å². The number of nitrogens with one attached hydrogen (secondary N) is 1. The van der Waals surface area contributed by atoms with E-state index in [0.29, 0.717) is 0 Å². The Labute approximate surface area is 126 Å². The highest BCUT2D eigenvalue weighted by Crippen LogP contribution is 2.22. The molecule has 1 aromatic carbocycles. The van der Waals surface area contributed by atoms with E-state index in [-0.39, 0.29) is 17.5 Å². The molecule has 0 aliphatic heterocycles. The van der Waals surface area contributed by atoms with Crippen LogP contribution in [0.2, 0.25) is 0 Å². The van der Waals surface area contributed by atoms with Crippen molar-refractivity contribution >= 4 is 16.9 Å². The van der Waals surface area contributed by atoms with Crippen molar-refractivity contribution in [3.63, 3.8) is 0 Å². The number of amides is 1. The second-order valence-electron chi connectivity index (χ2n) is 6.55. The van der Waals surface area contributed by atoms with Gasteiger partial charge in [-0.2, -0.15) is 0 Å². The van der Waals surface area contributed by atoms with Gasteiger partial charge in [0.25, 0.3) is 0 Å². The van der Waals surface area contributed by atoms with Crippen molar-refractivity contribution in [1.82, 2.24) is 14.9 Å². The van der Waals surface area contributed by atoms with Crippen LogP contribution in [0.25, 0.3) is 11.0 Å². The van der Waals surface area contributed by atoms with E-state index in [9.17, 15) is 4.79 Å². The number of carbonyl (C=O) groups is 1. The average molecular weight is 287 g/mol. The molecule has 1 aromatic heterocycles. The minimum absolute atomic E-state index is 0.0306. The topological polar surface area (TPSA) is 46.9 Å². The molecule has 0 aliphatic carbocycles. The molecule has 1 N–H and O–H groups in total. The van der Waals surface area contributed by atoms with Crippen LogP contribution in [-0.4, -0.2) is 21.0 Å². The van der Waals surface area contributed by atoms with Crippen LogP contribution < -0.4 is 5.32 Å². The number of hydrogen-bond donors (Lipinski definition) is 1. The van der Waals surface area contributed by atoms with Gasteiger partial charge in [0.2, 0.25) is 5.91 Å². The molecule has 1 atom stereocenters. The van der Waals surface area contributed by atoms with Gasteiger partial charge in [-0.25, -0.2) is 4.98 Å². The van der Waals surface area contributed by atoms with Gasteiger partial charge in [-0.3, -0.25) is 4.79 Å². The smallest absolute Gasteiger partial charge is 0.243 e. The van der Waals surface area contributed by atoms with Gasteiger partial charge in [0, 0.05) is 12.0 Å². The lowest BCUT2D eigenvalue weighted by atomic mass is 10.1. The maximum atomic E-state index is 12.5. The lowest BCUT2D eigenvalue weighted by Gasteiger charge is -2.25. The highest BCUT2D eigenvalue weighted by atomic mass is 16.2. The standard InChI is InChI=1S/C17H25N3O/c1-6-9-15-18-13-10-7-8-11-14(13)20(15)12(2)16(21)19-17(3,4)5/h7-8,10-12H,6,9H2,1-5H3,(H,19,21). The first-order valence-corrected chi connectivity index (χ1v) is 7.61. The highest BCUT2D eigenvalue weighted by Gasteiger charge is 2.24. The van der Waals surface area contributed by atoms with Crippen molar-refractivity contribution in [2.45, 2.75) is 59.0 Å². The largest absolute Gasteiger partial charge is 0.350 e. The Morgan fingerprint density at radius 1 is 1.33 bits per heavy atom. The Bertz CT molecular complexity index is 637. The molecular formula is C17H25N3O. The number of imidazole rings is 1. The van der Waals surface area contributed by atoms with Crippen LogP contribution in [0, 0.1) is 0 Å². The zero-order valence-corrected chi connectivity index (χ0v) is 13.6. The fraction of sp³-hybridized carbons (Fsp3) is 0.529. The van der Waals surface area contributed by atoms with E-state index in [2.05, 4.69) is 21.8 Å². The third-order valence-corrected chi connectivity index (χ3v) is 3.41. The van der Waals surface area contributed by atoms with E-state index in [1.165, 1.54) is 0 Å². The Hall–Kier alpha value is -1.84. The molecule has 1 amide bonds. The maximum Gasteiger partial charge on any atom is 0.243 e. The first-order valence-electron chi connectivity index (χ1n) is 7.61. The second-order valence-corrected chi connectivity index (χ2v) is 6.55. The molecule has 2 aromatic rings. The van der Waals surface area contributed by atoms with Gasteiger partial charge in [0.05, 0.1) is 11.0 Å². The molecule has 0 saturated carbocycles. The van der Waals surface area contributed by atoms with Gasteiger partial charge in [0.1, 0.15) is 11.9 Å². The molecule has 0 saturated heterocycles. The number of benzene rings is 1. The molecule has 21 heavy (non-hydrogen) atoms. The summed E-state index contributed by atoms with van der Waals surface area (Å²) < 4.78 is 2.07. The van der Waals surface area contributed by atoms with Gasteiger partial charge in [-0.1, -0.05) is 19.1 Å². The molecule has 0 bridgehead atoms. The molecule has 0 fully saturated rings. The van der Waals surface area contributed by atoms with Gasteiger partial charge in [-0.15, -0.1) is 0 Å². The monoisotopic (exact) mass is 287 g/mol. The van der Waals surface area contributed by atoms with E-state index in [0.717, 1.165) is 29.7 Å². The maximum absolute atomic E-state index is 12.5. The number of aromatic nitrogens is 2. The van der Waals surface area contributed by atoms with E-state index in [1.54, 1.807) is 0 Å². The van der Waals surface area contributed by atoms with E-state index in [4.69, 9.17) is 0 Å². The highest BCUT2D eigenvalue weighted by molar-refractivity contribution is 5.84. The van der Waals surface area contributed by atoms with Crippen molar-refractivity contribution in [2.75, 3.05) is 0 Å². The van der Waals surface area contributed by atoms with Crippen molar-refractivity contribution in [1.29, 1.82) is 0 Å². The summed E-state index contributed by atoms with van der Waals surface area (Å²) in [4.78, 5) is 17.2. The summed E-state index contributed by atoms with van der Waals surface area (Å²) in [7, 11) is 0. The average Bonchev–Trinajstić information content (AvgIpc) is 2.74. The number of hydrogen-bond acceptors (Lipinski definition) is 2. The molecule has 0 radical (unpaired) electrons. The number of carbonyl (C=O) groups excluding carboxylic acids is 1. The fourth-order valence-electron chi connectivity index (χ4n) is 2.52. The molecular weight excluding hydrogens is 262 g/mol. The third-order valence-electron chi connectivity index (χ3n) is 3.41. The zero-order valence-electron chi connectivity index (χ0n) is 13.6. The van der Waals surface area contributed by atoms with Crippen LogP contribution in [0.5, 0.6) is 0 Å². The SMILES string of the molecule is CCCc1nc2ccccc2n1C(C)C(=O)NC(C)(C)C. The predicted molar refractivity (Wildman–Crippen MR) is 86.3 cm³/mol. The molecule has 4 heteroatoms. The molecule has 4 nitrogen and oxygen atoms in total. The lowest BCUT2D eigenvalue weighted by molar-refractivity contribution is -0.125. The quantitative estimate of drug-likeness (QED) is 0.936. The Morgan fingerprint density at radius 3 is 2.62 bits per heavy atom. The van der Waals surface area contributed by atoms with Crippen LogP contribution in [0.15, 0.2) is 24.3 Å². The lowest BCUT2D eigenvalue weighted by Crippen LogP contribution is -2.44. The third kappa shape index (κ3) is 3.43. The molecule has 0 spiro atoms. The summed E-state index contributed by atoms with van der Waals surface area (Å²) in [6.45, 7) is 10.1. The summed E-state index contributed by atoms with van der Waals surface area (Å²) in [6, 6.07) is 7.74. The second kappa shape index (κ2) is 5.88. The number of rotatable bonds is 4. The number of nitrogens with zero attached hydrogens (tertiary/aromatic N) is 2. The number of para-hydroxylation sites is 2. The number of fused-ring (bicyclic) bond motifs is 1. The van der Waals surface area contributed by atoms with Crippen LogP contribution in [-0.2, 0) is 11.2 Å². The molecule has 2 rings (SSSR count). The van der Waals surface area contributed by atoms with Crippen molar-refractivity contribution in [3.05, 3.63) is 30.1 Å². The predicted octanol–water partition coefficient (Wildman–Crippen LogP) is 3.46. The molecule has 114 valence electrons. The van der Waals surface area contributed by atoms with Crippen molar-refractivity contribution < 1.29 is 4.79 Å². The van der Waals surface area contributed by atoms with Gasteiger partial charge < -0.3 is 9.88 Å². The van der Waals surface area contributed by atoms with Crippen molar-refractivity contribution in [3.8, 4) is 0 Å². The van der Waals surface area contributed by atoms with Crippen molar-refractivity contribution in [2.24, 2.45) is 0 Å². The Morgan fingerprint density at radius 2 is 2.00 bits per heavy atom. The molecule has 0 aliphatic rings. The van der Waals surface area contributed by atoms with E-state index in [1.807, 2.05) is 52.0 Å². The fourth-order valence-corrected chi connectivity index (χ4v) is 2.52. The van der Waals surface area contributed by atoms with Crippen LogP contribution >= 0.6 is 0 Å². The first-order chi connectivity index (χ1) is 9.83. The summed E-state index contributed by atoms with van der Waals surface area (Å²) in [6.07, 6.45) is 1.89. The normalized spacial score (nSPS) is 13.4. The van der Waals surface area contributed by atoms with Gasteiger partial charge in [-0.05, 0) is 46.2 Å². The van der Waals surface area contributed by atoms with Gasteiger partial charge >= 0.3 is 0 Å². The summed E-state index contributed by atoms with van der Waals surface area (Å²) in [5.74, 6) is 1.01. The summed E-state index contributed by atoms with van der Waals surface area (Å²) >= 11 is 0. The zero-order chi connectivity index (χ0) is 15.6. The molecule has 1 unspecified atom stereocenters. The number of aryl methyl sites for hydroxylation is 1. The van der Waals surface area contributed by atoms with E-state index < -0.39 is 0 Å². The Balaban J connectivity index is 2.43. The van der Waals surface area contributed by atoms with Crippen LogP contribution in [0.4, 0.5) is 0 Å². The summed E-state index contributed by atoms with van der Waals surface area (Å²) in [5.41, 5.74) is 1.75. The van der Waals surface area contributed by atoms with Crippen LogP contribution in [0.1, 0.15) is 52.9 Å². The first kappa shape index (κ1) is 15.5. The van der Waals surface area contributed by atoms with Crippen LogP contribution in [0.3, 0.4) is 0 Å². The minimum atomic E-state index is -0.266. The minimum Gasteiger partial charge on any atom is -0.350 e. The van der Waals surface area contributed by atoms with Gasteiger partial charge in [0.15, 0.2) is 0 Å². The Kier molecular flexibility index (Phi) is 4.35. The summed E-state index contributed by atoms with van der Waals surface area (Å²) in [5, 5.41) is 3.05.